The molecule has 0 bridgehead atoms. The largest absolute Gasteiger partial charge is 0.394 e. The van der Waals surface area contributed by atoms with Crippen molar-refractivity contribution in [3.8, 4) is 0 Å². The molecule has 2 N–H and O–H groups in total. The minimum Gasteiger partial charge on any atom is -0.394 e. The van der Waals surface area contributed by atoms with E-state index in [1.807, 2.05) is 30.3 Å². The quantitative estimate of drug-likeness (QED) is 0.837. The molecule has 1 aliphatic carbocycles. The minimum atomic E-state index is -0.707. The highest BCUT2D eigenvalue weighted by molar-refractivity contribution is 5.89. The predicted octanol–water partition coefficient (Wildman–Crippen LogP) is 3.77. The molecule has 1 unspecified atom stereocenters. The zero-order valence-corrected chi connectivity index (χ0v) is 13.7. The van der Waals surface area contributed by atoms with Crippen LogP contribution in [0.1, 0.15) is 18.4 Å². The van der Waals surface area contributed by atoms with Crippen molar-refractivity contribution in [2.75, 3.05) is 11.9 Å². The molecule has 0 heterocycles. The van der Waals surface area contributed by atoms with Gasteiger partial charge in [0.15, 0.2) is 0 Å². The third-order valence-electron chi connectivity index (χ3n) is 4.38. The van der Waals surface area contributed by atoms with Gasteiger partial charge in [-0.3, -0.25) is 0 Å². The molecule has 2 aromatic carbocycles. The van der Waals surface area contributed by atoms with Crippen molar-refractivity contribution >= 4 is 11.7 Å². The van der Waals surface area contributed by atoms with Gasteiger partial charge in [0.05, 0.1) is 18.3 Å². The van der Waals surface area contributed by atoms with Crippen LogP contribution < -0.4 is 5.32 Å². The molecule has 0 spiro atoms. The normalized spacial score (nSPS) is 14.8. The van der Waals surface area contributed by atoms with Gasteiger partial charge < -0.3 is 15.3 Å². The van der Waals surface area contributed by atoms with Gasteiger partial charge in [-0.1, -0.05) is 30.3 Å². The predicted molar refractivity (Wildman–Crippen MR) is 91.0 cm³/mol. The molecule has 1 atom stereocenters. The molecule has 1 saturated carbocycles. The Bertz CT molecular complexity index is 735. The van der Waals surface area contributed by atoms with Crippen molar-refractivity contribution in [2.24, 2.45) is 5.92 Å². The molecule has 0 aliphatic heterocycles. The summed E-state index contributed by atoms with van der Waals surface area (Å²) in [4.78, 5) is 14.2. The molecular formula is C19H20F2N2O2. The number of carbonyl (C=O) groups is 1. The lowest BCUT2D eigenvalue weighted by Gasteiger charge is -2.31. The van der Waals surface area contributed by atoms with Crippen molar-refractivity contribution in [3.63, 3.8) is 0 Å². The van der Waals surface area contributed by atoms with Crippen LogP contribution in [0.4, 0.5) is 19.3 Å². The second-order valence-electron chi connectivity index (χ2n) is 6.26. The fourth-order valence-corrected chi connectivity index (χ4v) is 2.88. The summed E-state index contributed by atoms with van der Waals surface area (Å²) >= 11 is 0. The monoisotopic (exact) mass is 346 g/mol. The first-order valence-electron chi connectivity index (χ1n) is 8.26. The molecule has 6 heteroatoms. The Balaban J connectivity index is 1.82. The van der Waals surface area contributed by atoms with Crippen LogP contribution in [0, 0.1) is 17.6 Å². The highest BCUT2D eigenvalue weighted by Gasteiger charge is 2.37. The number of aliphatic hydroxyl groups excluding tert-OH is 1. The molecule has 2 aromatic rings. The molecule has 4 nitrogen and oxygen atoms in total. The summed E-state index contributed by atoms with van der Waals surface area (Å²) in [6.45, 7) is 0.113. The molecule has 132 valence electrons. The van der Waals surface area contributed by atoms with E-state index >= 15 is 0 Å². The number of amides is 2. The van der Waals surface area contributed by atoms with Crippen molar-refractivity contribution in [1.29, 1.82) is 0 Å². The summed E-state index contributed by atoms with van der Waals surface area (Å²) in [6.07, 6.45) is 1.89. The average molecular weight is 346 g/mol. The second kappa shape index (κ2) is 7.61. The van der Waals surface area contributed by atoms with Crippen molar-refractivity contribution in [2.45, 2.75) is 25.4 Å². The molecule has 3 rings (SSSR count). The topological polar surface area (TPSA) is 52.6 Å². The maximum absolute atomic E-state index is 13.8. The van der Waals surface area contributed by atoms with Crippen molar-refractivity contribution in [3.05, 3.63) is 65.7 Å². The number of anilines is 1. The van der Waals surface area contributed by atoms with Gasteiger partial charge in [0.2, 0.25) is 0 Å². The molecule has 0 radical (unpaired) electrons. The zero-order valence-electron chi connectivity index (χ0n) is 13.7. The van der Waals surface area contributed by atoms with Crippen LogP contribution in [-0.4, -0.2) is 28.7 Å². The van der Waals surface area contributed by atoms with E-state index in [4.69, 9.17) is 0 Å². The summed E-state index contributed by atoms with van der Waals surface area (Å²) in [5.41, 5.74) is 0.687. The average Bonchev–Trinajstić information content (AvgIpc) is 3.44. The van der Waals surface area contributed by atoms with E-state index in [0.29, 0.717) is 0 Å². The summed E-state index contributed by atoms with van der Waals surface area (Å²) in [6, 6.07) is 11.4. The standard InChI is InChI=1S/C19H20F2N2O2/c20-15-8-9-16(21)17(10-15)22-19(25)23(18(12-24)14-6-7-14)11-13-4-2-1-3-5-13/h1-5,8-10,14,18,24H,6-7,11-12H2,(H,22,25). The Labute approximate surface area is 145 Å². The molecule has 25 heavy (non-hydrogen) atoms. The van der Waals surface area contributed by atoms with Gasteiger partial charge in [0.25, 0.3) is 0 Å². The molecule has 1 aliphatic rings. The highest BCUT2D eigenvalue weighted by atomic mass is 19.1. The first-order valence-corrected chi connectivity index (χ1v) is 8.26. The Hall–Kier alpha value is -2.47. The lowest BCUT2D eigenvalue weighted by molar-refractivity contribution is 0.124. The molecular weight excluding hydrogens is 326 g/mol. The number of carbonyl (C=O) groups excluding carboxylic acids is 1. The SMILES string of the molecule is O=C(Nc1cc(F)ccc1F)N(Cc1ccccc1)C(CO)C1CC1. The minimum absolute atomic E-state index is 0.170. The van der Waals surface area contributed by atoms with E-state index in [0.717, 1.165) is 36.6 Å². The van der Waals surface area contributed by atoms with Gasteiger partial charge in [-0.2, -0.15) is 0 Å². The van der Waals surface area contributed by atoms with E-state index in [1.165, 1.54) is 4.90 Å². The number of urea groups is 1. The highest BCUT2D eigenvalue weighted by Crippen LogP contribution is 2.36. The molecule has 0 aromatic heterocycles. The first-order chi connectivity index (χ1) is 12.1. The van der Waals surface area contributed by atoms with Gasteiger partial charge in [-0.25, -0.2) is 13.6 Å². The smallest absolute Gasteiger partial charge is 0.322 e. The maximum atomic E-state index is 13.8. The van der Waals surface area contributed by atoms with E-state index in [-0.39, 0.29) is 30.8 Å². The van der Waals surface area contributed by atoms with Crippen LogP contribution in [-0.2, 0) is 6.54 Å². The van der Waals surface area contributed by atoms with Crippen LogP contribution in [0.15, 0.2) is 48.5 Å². The molecule has 1 fully saturated rings. The number of hydrogen-bond acceptors (Lipinski definition) is 2. The van der Waals surface area contributed by atoms with Gasteiger partial charge in [0, 0.05) is 12.6 Å². The molecule has 2 amide bonds. The number of hydrogen-bond donors (Lipinski definition) is 2. The lowest BCUT2D eigenvalue weighted by atomic mass is 10.1. The van der Waals surface area contributed by atoms with Gasteiger partial charge in [-0.05, 0) is 36.5 Å². The Morgan fingerprint density at radius 3 is 2.56 bits per heavy atom. The zero-order chi connectivity index (χ0) is 17.8. The van der Waals surface area contributed by atoms with E-state index < -0.39 is 17.7 Å². The van der Waals surface area contributed by atoms with Crippen LogP contribution in [0.2, 0.25) is 0 Å². The van der Waals surface area contributed by atoms with Gasteiger partial charge in [0.1, 0.15) is 11.6 Å². The van der Waals surface area contributed by atoms with Crippen molar-refractivity contribution < 1.29 is 18.7 Å². The number of benzene rings is 2. The van der Waals surface area contributed by atoms with Crippen LogP contribution in [0.25, 0.3) is 0 Å². The van der Waals surface area contributed by atoms with E-state index in [1.54, 1.807) is 0 Å². The number of rotatable bonds is 6. The third kappa shape index (κ3) is 4.33. The van der Waals surface area contributed by atoms with Gasteiger partial charge in [-0.15, -0.1) is 0 Å². The Morgan fingerprint density at radius 2 is 1.92 bits per heavy atom. The number of aliphatic hydroxyl groups is 1. The Morgan fingerprint density at radius 1 is 1.20 bits per heavy atom. The van der Waals surface area contributed by atoms with Crippen LogP contribution in [0.5, 0.6) is 0 Å². The van der Waals surface area contributed by atoms with E-state index in [2.05, 4.69) is 5.32 Å². The number of nitrogens with one attached hydrogen (secondary N) is 1. The van der Waals surface area contributed by atoms with Gasteiger partial charge >= 0.3 is 6.03 Å². The van der Waals surface area contributed by atoms with Crippen LogP contribution in [0.3, 0.4) is 0 Å². The lowest BCUT2D eigenvalue weighted by Crippen LogP contribution is -2.45. The fraction of sp³-hybridized carbons (Fsp3) is 0.316. The van der Waals surface area contributed by atoms with Crippen molar-refractivity contribution in [1.82, 2.24) is 4.90 Å². The third-order valence-corrected chi connectivity index (χ3v) is 4.38. The molecule has 0 saturated heterocycles. The summed E-state index contributed by atoms with van der Waals surface area (Å²) in [7, 11) is 0. The summed E-state index contributed by atoms with van der Waals surface area (Å²) in [5, 5.41) is 12.2. The first kappa shape index (κ1) is 17.4. The summed E-state index contributed by atoms with van der Waals surface area (Å²) < 4.78 is 27.2. The number of nitrogens with zero attached hydrogens (tertiary/aromatic N) is 1. The fourth-order valence-electron chi connectivity index (χ4n) is 2.88. The van der Waals surface area contributed by atoms with Crippen LogP contribution >= 0.6 is 0 Å². The van der Waals surface area contributed by atoms with E-state index in [9.17, 15) is 18.7 Å². The Kier molecular flexibility index (Phi) is 5.28. The maximum Gasteiger partial charge on any atom is 0.322 e. The second-order valence-corrected chi connectivity index (χ2v) is 6.26. The summed E-state index contributed by atoms with van der Waals surface area (Å²) in [5.74, 6) is -1.11. The number of halogens is 2.